The Morgan fingerprint density at radius 1 is 1.59 bits per heavy atom. The van der Waals surface area contributed by atoms with E-state index in [4.69, 9.17) is 4.52 Å². The lowest BCUT2D eigenvalue weighted by Gasteiger charge is -2.20. The molecule has 0 aliphatic carbocycles. The quantitative estimate of drug-likeness (QED) is 0.895. The molecule has 2 fully saturated rings. The highest BCUT2D eigenvalue weighted by Gasteiger charge is 2.39. The first-order valence-corrected chi connectivity index (χ1v) is 7.55. The van der Waals surface area contributed by atoms with Crippen molar-refractivity contribution in [1.82, 2.24) is 15.5 Å². The van der Waals surface area contributed by atoms with Gasteiger partial charge in [0.25, 0.3) is 0 Å². The van der Waals surface area contributed by atoms with Crippen LogP contribution in [0.5, 0.6) is 0 Å². The molecule has 3 rings (SSSR count). The number of thioether (sulfide) groups is 1. The zero-order valence-electron chi connectivity index (χ0n) is 10.2. The molecule has 0 aromatic carbocycles. The summed E-state index contributed by atoms with van der Waals surface area (Å²) in [5.74, 6) is 3.00. The lowest BCUT2D eigenvalue weighted by Crippen LogP contribution is -2.28. The summed E-state index contributed by atoms with van der Waals surface area (Å²) in [6.07, 6.45) is 4.66. The van der Waals surface area contributed by atoms with Crippen LogP contribution in [0.25, 0.3) is 0 Å². The lowest BCUT2D eigenvalue weighted by atomic mass is 9.84. The zero-order chi connectivity index (χ0) is 11.7. The predicted octanol–water partition coefficient (Wildman–Crippen LogP) is 2.28. The number of nitrogens with zero attached hydrogens (tertiary/aromatic N) is 2. The third kappa shape index (κ3) is 1.99. The Morgan fingerprint density at radius 2 is 2.53 bits per heavy atom. The fraction of sp³-hybridized carbons (Fsp3) is 0.833. The van der Waals surface area contributed by atoms with Crippen molar-refractivity contribution < 1.29 is 4.52 Å². The molecule has 5 heteroatoms. The fourth-order valence-corrected chi connectivity index (χ4v) is 3.94. The van der Waals surface area contributed by atoms with Crippen LogP contribution < -0.4 is 5.32 Å². The zero-order valence-corrected chi connectivity index (χ0v) is 11.1. The van der Waals surface area contributed by atoms with E-state index in [-0.39, 0.29) is 5.41 Å². The second-order valence-corrected chi connectivity index (χ2v) is 6.33. The van der Waals surface area contributed by atoms with Crippen LogP contribution in [-0.4, -0.2) is 29.0 Å². The third-order valence-electron chi connectivity index (χ3n) is 4.03. The van der Waals surface area contributed by atoms with Crippen LogP contribution in [0, 0.1) is 0 Å². The molecule has 2 atom stereocenters. The van der Waals surface area contributed by atoms with E-state index in [9.17, 15) is 0 Å². The van der Waals surface area contributed by atoms with E-state index >= 15 is 0 Å². The van der Waals surface area contributed by atoms with Crippen molar-refractivity contribution in [2.75, 3.05) is 18.8 Å². The van der Waals surface area contributed by atoms with Gasteiger partial charge in [-0.05, 0) is 38.0 Å². The van der Waals surface area contributed by atoms with Crippen molar-refractivity contribution in [3.63, 3.8) is 0 Å². The summed E-state index contributed by atoms with van der Waals surface area (Å²) in [5, 5.41) is 8.08. The third-order valence-corrected chi connectivity index (χ3v) is 5.41. The average Bonchev–Trinajstić information content (AvgIpc) is 3.10. The van der Waals surface area contributed by atoms with E-state index in [2.05, 4.69) is 22.4 Å². The van der Waals surface area contributed by atoms with Gasteiger partial charge in [-0.2, -0.15) is 16.7 Å². The Labute approximate surface area is 106 Å². The molecular weight excluding hydrogens is 234 g/mol. The number of rotatable bonds is 3. The topological polar surface area (TPSA) is 51.0 Å². The van der Waals surface area contributed by atoms with E-state index in [1.165, 1.54) is 18.6 Å². The van der Waals surface area contributed by atoms with Crippen molar-refractivity contribution in [1.29, 1.82) is 0 Å². The second kappa shape index (κ2) is 4.61. The van der Waals surface area contributed by atoms with Gasteiger partial charge in [0.15, 0.2) is 5.82 Å². The molecule has 17 heavy (non-hydrogen) atoms. The predicted molar refractivity (Wildman–Crippen MR) is 68.2 cm³/mol. The molecule has 4 nitrogen and oxygen atoms in total. The molecule has 2 aliphatic heterocycles. The Hall–Kier alpha value is -0.550. The van der Waals surface area contributed by atoms with Gasteiger partial charge < -0.3 is 9.84 Å². The first-order chi connectivity index (χ1) is 8.34. The molecule has 2 saturated heterocycles. The van der Waals surface area contributed by atoms with Gasteiger partial charge >= 0.3 is 0 Å². The summed E-state index contributed by atoms with van der Waals surface area (Å²) in [6.45, 7) is 4.24. The standard InChI is InChI=1S/C12H19N3OS/c1-2-12(5-6-13-8-12)11-14-10(15-16-11)9-4-3-7-17-9/h9,13H,2-8H2,1H3. The van der Waals surface area contributed by atoms with Gasteiger partial charge in [0.1, 0.15) is 0 Å². The SMILES string of the molecule is CCC1(c2nc(C3CCCS3)no2)CCNC1. The first kappa shape index (κ1) is 11.5. The molecule has 0 saturated carbocycles. The summed E-state index contributed by atoms with van der Waals surface area (Å²) in [5.41, 5.74) is 0.0918. The maximum Gasteiger partial charge on any atom is 0.234 e. The van der Waals surface area contributed by atoms with Crippen molar-refractivity contribution in [2.45, 2.75) is 43.3 Å². The van der Waals surface area contributed by atoms with Crippen LogP contribution in [0.3, 0.4) is 0 Å². The van der Waals surface area contributed by atoms with Crippen molar-refractivity contribution in [3.8, 4) is 0 Å². The number of nitrogens with one attached hydrogen (secondary N) is 1. The largest absolute Gasteiger partial charge is 0.339 e. The summed E-state index contributed by atoms with van der Waals surface area (Å²) in [6, 6.07) is 0. The molecule has 1 N–H and O–H groups in total. The van der Waals surface area contributed by atoms with Crippen molar-refractivity contribution in [3.05, 3.63) is 11.7 Å². The Kier molecular flexibility index (Phi) is 3.13. The van der Waals surface area contributed by atoms with Gasteiger partial charge in [0, 0.05) is 6.54 Å². The molecule has 2 unspecified atom stereocenters. The highest BCUT2D eigenvalue weighted by molar-refractivity contribution is 7.99. The molecular formula is C12H19N3OS. The normalized spacial score (nSPS) is 33.4. The van der Waals surface area contributed by atoms with Gasteiger partial charge in [0.05, 0.1) is 10.7 Å². The maximum atomic E-state index is 5.54. The van der Waals surface area contributed by atoms with E-state index < -0.39 is 0 Å². The van der Waals surface area contributed by atoms with Gasteiger partial charge in [-0.3, -0.25) is 0 Å². The lowest BCUT2D eigenvalue weighted by molar-refractivity contribution is 0.283. The molecule has 0 amide bonds. The molecule has 0 spiro atoms. The van der Waals surface area contributed by atoms with Crippen LogP contribution in [0.15, 0.2) is 4.52 Å². The minimum absolute atomic E-state index is 0.0918. The van der Waals surface area contributed by atoms with Gasteiger partial charge in [0.2, 0.25) is 5.89 Å². The maximum absolute atomic E-state index is 5.54. The van der Waals surface area contributed by atoms with E-state index in [1.807, 2.05) is 11.8 Å². The summed E-state index contributed by atoms with van der Waals surface area (Å²) in [7, 11) is 0. The highest BCUT2D eigenvalue weighted by Crippen LogP contribution is 2.40. The van der Waals surface area contributed by atoms with Crippen molar-refractivity contribution >= 4 is 11.8 Å². The molecule has 0 bridgehead atoms. The van der Waals surface area contributed by atoms with Crippen LogP contribution in [-0.2, 0) is 5.41 Å². The Morgan fingerprint density at radius 3 is 3.18 bits per heavy atom. The van der Waals surface area contributed by atoms with Gasteiger partial charge in [-0.1, -0.05) is 12.1 Å². The van der Waals surface area contributed by atoms with E-state index in [0.717, 1.165) is 37.6 Å². The van der Waals surface area contributed by atoms with Crippen LogP contribution in [0.2, 0.25) is 0 Å². The van der Waals surface area contributed by atoms with Gasteiger partial charge in [-0.25, -0.2) is 0 Å². The number of hydrogen-bond donors (Lipinski definition) is 1. The Balaban J connectivity index is 1.83. The highest BCUT2D eigenvalue weighted by atomic mass is 32.2. The summed E-state index contributed by atoms with van der Waals surface area (Å²) >= 11 is 1.96. The average molecular weight is 253 g/mol. The van der Waals surface area contributed by atoms with E-state index in [1.54, 1.807) is 0 Å². The molecule has 94 valence electrons. The smallest absolute Gasteiger partial charge is 0.234 e. The van der Waals surface area contributed by atoms with Gasteiger partial charge in [-0.15, -0.1) is 0 Å². The van der Waals surface area contributed by atoms with Crippen LogP contribution >= 0.6 is 11.8 Å². The number of aromatic nitrogens is 2. The van der Waals surface area contributed by atoms with E-state index in [0.29, 0.717) is 5.25 Å². The summed E-state index contributed by atoms with van der Waals surface area (Å²) < 4.78 is 5.54. The molecule has 3 heterocycles. The molecule has 2 aliphatic rings. The monoisotopic (exact) mass is 253 g/mol. The molecule has 0 radical (unpaired) electrons. The number of hydrogen-bond acceptors (Lipinski definition) is 5. The second-order valence-electron chi connectivity index (χ2n) is 5.02. The van der Waals surface area contributed by atoms with Crippen LogP contribution in [0.1, 0.15) is 49.6 Å². The fourth-order valence-electron chi connectivity index (χ4n) is 2.74. The minimum Gasteiger partial charge on any atom is -0.339 e. The molecule has 1 aromatic heterocycles. The Bertz CT molecular complexity index is 381. The minimum atomic E-state index is 0.0918. The van der Waals surface area contributed by atoms with Crippen LogP contribution in [0.4, 0.5) is 0 Å². The molecule has 1 aromatic rings. The first-order valence-electron chi connectivity index (χ1n) is 6.50. The van der Waals surface area contributed by atoms with Crippen molar-refractivity contribution in [2.24, 2.45) is 0 Å². The summed E-state index contributed by atoms with van der Waals surface area (Å²) in [4.78, 5) is 4.68.